The number of carbonyl (C=O) groups excluding carboxylic acids is 1. The second-order valence-corrected chi connectivity index (χ2v) is 8.15. The Kier molecular flexibility index (Phi) is 5.52. The molecule has 30 heavy (non-hydrogen) atoms. The van der Waals surface area contributed by atoms with E-state index in [2.05, 4.69) is 20.1 Å². The van der Waals surface area contributed by atoms with Crippen molar-refractivity contribution in [1.29, 1.82) is 0 Å². The first-order valence-electron chi connectivity index (χ1n) is 10.3. The predicted octanol–water partition coefficient (Wildman–Crippen LogP) is 1.62. The highest BCUT2D eigenvalue weighted by Crippen LogP contribution is 2.28. The fourth-order valence-electron chi connectivity index (χ4n) is 3.98. The van der Waals surface area contributed by atoms with Gasteiger partial charge in [-0.15, -0.1) is 0 Å². The molecule has 1 saturated heterocycles. The minimum absolute atomic E-state index is 0.122. The van der Waals surface area contributed by atoms with Gasteiger partial charge in [0, 0.05) is 57.4 Å². The molecule has 158 valence electrons. The van der Waals surface area contributed by atoms with Crippen LogP contribution >= 0.6 is 0 Å². The van der Waals surface area contributed by atoms with Crippen molar-refractivity contribution in [3.8, 4) is 0 Å². The summed E-state index contributed by atoms with van der Waals surface area (Å²) in [6.45, 7) is 3.89. The van der Waals surface area contributed by atoms with Crippen molar-refractivity contribution in [3.05, 3.63) is 46.8 Å². The number of hydrogen-bond donors (Lipinski definition) is 1. The maximum absolute atomic E-state index is 12.8. The van der Waals surface area contributed by atoms with E-state index in [-0.39, 0.29) is 23.3 Å². The average Bonchev–Trinajstić information content (AvgIpc) is 3.25. The zero-order valence-corrected chi connectivity index (χ0v) is 17.6. The van der Waals surface area contributed by atoms with Crippen LogP contribution in [0.1, 0.15) is 31.4 Å². The van der Waals surface area contributed by atoms with E-state index in [0.717, 1.165) is 18.5 Å². The van der Waals surface area contributed by atoms with Gasteiger partial charge in [-0.05, 0) is 25.0 Å². The number of aromatic amines is 1. The van der Waals surface area contributed by atoms with Gasteiger partial charge in [-0.1, -0.05) is 6.92 Å². The van der Waals surface area contributed by atoms with Crippen molar-refractivity contribution in [2.24, 2.45) is 5.92 Å². The Hall–Kier alpha value is -3.23. The summed E-state index contributed by atoms with van der Waals surface area (Å²) in [4.78, 5) is 40.8. The predicted molar refractivity (Wildman–Crippen MR) is 114 cm³/mol. The van der Waals surface area contributed by atoms with Gasteiger partial charge in [-0.2, -0.15) is 5.10 Å². The van der Waals surface area contributed by atoms with E-state index in [1.165, 1.54) is 0 Å². The highest BCUT2D eigenvalue weighted by Gasteiger charge is 2.27. The third kappa shape index (κ3) is 4.05. The van der Waals surface area contributed by atoms with Gasteiger partial charge < -0.3 is 14.8 Å². The summed E-state index contributed by atoms with van der Waals surface area (Å²) in [6, 6.07) is 3.81. The molecule has 0 aromatic carbocycles. The van der Waals surface area contributed by atoms with E-state index in [4.69, 9.17) is 0 Å². The van der Waals surface area contributed by atoms with Crippen LogP contribution in [0, 0.1) is 5.92 Å². The topological polar surface area (TPSA) is 100 Å². The van der Waals surface area contributed by atoms with Crippen molar-refractivity contribution in [1.82, 2.24) is 29.6 Å². The van der Waals surface area contributed by atoms with Crippen LogP contribution in [0.2, 0.25) is 0 Å². The molecule has 0 spiro atoms. The van der Waals surface area contributed by atoms with E-state index < -0.39 is 0 Å². The largest absolute Gasteiger partial charge is 0.347 e. The Morgan fingerprint density at radius 2 is 2.10 bits per heavy atom. The third-order valence-corrected chi connectivity index (χ3v) is 5.69. The summed E-state index contributed by atoms with van der Waals surface area (Å²) in [5.41, 5.74) is 1.37. The molecule has 1 fully saturated rings. The number of piperidine rings is 1. The molecule has 4 heterocycles. The first-order chi connectivity index (χ1) is 14.4. The molecule has 3 aromatic heterocycles. The minimum atomic E-state index is -0.167. The smallest absolute Gasteiger partial charge is 0.259 e. The zero-order chi connectivity index (χ0) is 21.3. The Morgan fingerprint density at radius 3 is 2.77 bits per heavy atom. The SMILES string of the molecule is C[C@H](Cn1cccn1)C(=O)N1CCC(c2cc3nc(N(C)C)ncc3c(=O)[nH]2)CC1. The molecule has 1 atom stereocenters. The quantitative estimate of drug-likeness (QED) is 0.687. The van der Waals surface area contributed by atoms with Gasteiger partial charge in [0.15, 0.2) is 0 Å². The lowest BCUT2D eigenvalue weighted by molar-refractivity contribution is -0.136. The Balaban J connectivity index is 1.45. The van der Waals surface area contributed by atoms with Gasteiger partial charge in [-0.3, -0.25) is 14.3 Å². The van der Waals surface area contributed by atoms with Crippen molar-refractivity contribution < 1.29 is 4.79 Å². The number of aromatic nitrogens is 5. The molecule has 1 N–H and O–H groups in total. The van der Waals surface area contributed by atoms with Crippen LogP contribution in [0.5, 0.6) is 0 Å². The number of nitrogens with zero attached hydrogens (tertiary/aromatic N) is 6. The monoisotopic (exact) mass is 409 g/mol. The molecule has 0 aliphatic carbocycles. The number of amides is 1. The van der Waals surface area contributed by atoms with Crippen LogP contribution in [0.4, 0.5) is 5.95 Å². The molecular weight excluding hydrogens is 382 g/mol. The molecule has 0 unspecified atom stereocenters. The van der Waals surface area contributed by atoms with Crippen LogP contribution in [-0.4, -0.2) is 62.7 Å². The number of rotatable bonds is 5. The van der Waals surface area contributed by atoms with Crippen LogP contribution in [0.15, 0.2) is 35.5 Å². The summed E-state index contributed by atoms with van der Waals surface area (Å²) >= 11 is 0. The highest BCUT2D eigenvalue weighted by molar-refractivity contribution is 5.79. The highest BCUT2D eigenvalue weighted by atomic mass is 16.2. The number of likely N-dealkylation sites (tertiary alicyclic amines) is 1. The molecule has 0 radical (unpaired) electrons. The number of fused-ring (bicyclic) bond motifs is 1. The molecule has 9 nitrogen and oxygen atoms in total. The number of nitrogens with one attached hydrogen (secondary N) is 1. The lowest BCUT2D eigenvalue weighted by atomic mass is 9.92. The van der Waals surface area contributed by atoms with Crippen LogP contribution in [0.25, 0.3) is 10.9 Å². The molecule has 4 rings (SSSR count). The number of hydrogen-bond acceptors (Lipinski definition) is 6. The van der Waals surface area contributed by atoms with Crippen molar-refractivity contribution >= 4 is 22.8 Å². The van der Waals surface area contributed by atoms with Gasteiger partial charge in [0.05, 0.1) is 23.4 Å². The van der Waals surface area contributed by atoms with Crippen LogP contribution in [0.3, 0.4) is 0 Å². The van der Waals surface area contributed by atoms with E-state index in [9.17, 15) is 9.59 Å². The van der Waals surface area contributed by atoms with E-state index >= 15 is 0 Å². The molecule has 3 aromatic rings. The van der Waals surface area contributed by atoms with E-state index in [1.807, 2.05) is 49.1 Å². The standard InChI is InChI=1S/C21H27N7O2/c1-14(13-28-8-4-7-23-28)20(30)27-9-5-15(6-10-27)17-11-18-16(19(29)24-17)12-22-21(25-18)26(2)3/h4,7-8,11-12,14-15H,5-6,9-10,13H2,1-3H3,(H,24,29)/t14-/m1/s1. The van der Waals surface area contributed by atoms with Gasteiger partial charge in [0.2, 0.25) is 11.9 Å². The van der Waals surface area contributed by atoms with Crippen molar-refractivity contribution in [2.75, 3.05) is 32.1 Å². The summed E-state index contributed by atoms with van der Waals surface area (Å²) in [5.74, 6) is 0.804. The first kappa shape index (κ1) is 20.1. The fourth-order valence-corrected chi connectivity index (χ4v) is 3.98. The molecule has 1 amide bonds. The molecule has 0 saturated carbocycles. The Labute approximate surface area is 174 Å². The van der Waals surface area contributed by atoms with Gasteiger partial charge >= 0.3 is 0 Å². The van der Waals surface area contributed by atoms with E-state index in [0.29, 0.717) is 36.5 Å². The summed E-state index contributed by atoms with van der Waals surface area (Å²) in [5, 5.41) is 4.67. The van der Waals surface area contributed by atoms with Gasteiger partial charge in [0.25, 0.3) is 5.56 Å². The zero-order valence-electron chi connectivity index (χ0n) is 17.6. The lowest BCUT2D eigenvalue weighted by Crippen LogP contribution is -2.42. The molecule has 1 aliphatic heterocycles. The van der Waals surface area contributed by atoms with Gasteiger partial charge in [-0.25, -0.2) is 9.97 Å². The van der Waals surface area contributed by atoms with Crippen LogP contribution < -0.4 is 10.5 Å². The maximum atomic E-state index is 12.8. The second-order valence-electron chi connectivity index (χ2n) is 8.15. The number of pyridine rings is 1. The minimum Gasteiger partial charge on any atom is -0.347 e. The third-order valence-electron chi connectivity index (χ3n) is 5.69. The van der Waals surface area contributed by atoms with Crippen molar-refractivity contribution in [2.45, 2.75) is 32.2 Å². The Bertz CT molecular complexity index is 1080. The normalized spacial score (nSPS) is 16.0. The molecular formula is C21H27N7O2. The number of carbonyl (C=O) groups is 1. The molecule has 0 bridgehead atoms. The lowest BCUT2D eigenvalue weighted by Gasteiger charge is -2.33. The Morgan fingerprint density at radius 1 is 1.33 bits per heavy atom. The van der Waals surface area contributed by atoms with Gasteiger partial charge in [0.1, 0.15) is 0 Å². The summed E-state index contributed by atoms with van der Waals surface area (Å²) in [7, 11) is 3.74. The number of H-pyrrole nitrogens is 1. The summed E-state index contributed by atoms with van der Waals surface area (Å²) < 4.78 is 1.79. The van der Waals surface area contributed by atoms with Crippen molar-refractivity contribution in [3.63, 3.8) is 0 Å². The fraction of sp³-hybridized carbons (Fsp3) is 0.476. The average molecular weight is 409 g/mol. The van der Waals surface area contributed by atoms with E-state index in [1.54, 1.807) is 17.1 Å². The molecule has 9 heteroatoms. The summed E-state index contributed by atoms with van der Waals surface area (Å²) in [6.07, 6.45) is 6.79. The maximum Gasteiger partial charge on any atom is 0.259 e. The molecule has 1 aliphatic rings. The number of anilines is 1. The first-order valence-corrected chi connectivity index (χ1v) is 10.3. The van der Waals surface area contributed by atoms with Crippen LogP contribution in [-0.2, 0) is 11.3 Å². The second kappa shape index (κ2) is 8.25.